The highest BCUT2D eigenvalue weighted by Gasteiger charge is 2.33. The number of halogens is 2. The number of nitro groups is 1. The summed E-state index contributed by atoms with van der Waals surface area (Å²) in [7, 11) is 0. The van der Waals surface area contributed by atoms with E-state index in [0.29, 0.717) is 22.3 Å². The number of carbonyl (C=O) groups is 1. The van der Waals surface area contributed by atoms with Crippen LogP contribution in [0.2, 0.25) is 10.0 Å². The monoisotopic (exact) mass is 455 g/mol. The van der Waals surface area contributed by atoms with E-state index >= 15 is 0 Å². The fourth-order valence-corrected chi connectivity index (χ4v) is 3.60. The van der Waals surface area contributed by atoms with Crippen molar-refractivity contribution < 1.29 is 14.1 Å². The van der Waals surface area contributed by atoms with Gasteiger partial charge in [0.2, 0.25) is 0 Å². The van der Waals surface area contributed by atoms with Gasteiger partial charge in [-0.25, -0.2) is 0 Å². The van der Waals surface area contributed by atoms with Crippen molar-refractivity contribution in [1.29, 1.82) is 0 Å². The molecule has 0 spiro atoms. The summed E-state index contributed by atoms with van der Waals surface area (Å²) in [4.78, 5) is 23.8. The van der Waals surface area contributed by atoms with Crippen molar-refractivity contribution >= 4 is 52.3 Å². The molecule has 0 N–H and O–H groups in total. The minimum atomic E-state index is -0.586. The van der Waals surface area contributed by atoms with E-state index in [2.05, 4.69) is 5.10 Å². The van der Waals surface area contributed by atoms with Gasteiger partial charge < -0.3 is 4.42 Å². The van der Waals surface area contributed by atoms with Crippen molar-refractivity contribution in [3.05, 3.63) is 85.6 Å². The summed E-state index contributed by atoms with van der Waals surface area (Å²) in [6, 6.07) is 13.0. The third-order valence-corrected chi connectivity index (χ3v) is 5.52. The summed E-state index contributed by atoms with van der Waals surface area (Å²) >= 11 is 12.2. The summed E-state index contributed by atoms with van der Waals surface area (Å²) in [5.41, 5.74) is 2.12. The maximum absolute atomic E-state index is 13.0. The second kappa shape index (κ2) is 8.02. The van der Waals surface area contributed by atoms with Crippen molar-refractivity contribution in [2.45, 2.75) is 13.8 Å². The average molecular weight is 456 g/mol. The summed E-state index contributed by atoms with van der Waals surface area (Å²) in [6.07, 6.45) is 1.56. The van der Waals surface area contributed by atoms with Gasteiger partial charge in [-0.05, 0) is 55.8 Å². The fraction of sp³-hybridized carbons (Fsp3) is 0.0909. The standard InChI is InChI=1S/C22H15Cl2N3O4/c1-12-16(4-3-5-18(12)24)21-9-7-15(31-21)11-17-13(2)25-26(22(17)28)20-10-14(23)6-8-19(20)27(29)30/h3-11H,1-2H3/b17-11+. The summed E-state index contributed by atoms with van der Waals surface area (Å²) in [5, 5.41) is 17.4. The lowest BCUT2D eigenvalue weighted by atomic mass is 10.1. The van der Waals surface area contributed by atoms with E-state index in [1.54, 1.807) is 31.2 Å². The molecule has 1 aliphatic rings. The zero-order valence-electron chi connectivity index (χ0n) is 16.4. The summed E-state index contributed by atoms with van der Waals surface area (Å²) in [5.74, 6) is 0.531. The molecule has 0 bridgehead atoms. The normalized spacial score (nSPS) is 15.0. The average Bonchev–Trinajstić information content (AvgIpc) is 3.30. The van der Waals surface area contributed by atoms with Gasteiger partial charge in [-0.1, -0.05) is 35.3 Å². The number of hydrazone groups is 1. The number of anilines is 1. The van der Waals surface area contributed by atoms with Crippen LogP contribution in [-0.2, 0) is 4.79 Å². The molecule has 1 amide bonds. The quantitative estimate of drug-likeness (QED) is 0.263. The molecule has 9 heteroatoms. The highest BCUT2D eigenvalue weighted by molar-refractivity contribution is 6.33. The maximum Gasteiger partial charge on any atom is 0.295 e. The third-order valence-electron chi connectivity index (χ3n) is 4.87. The number of hydrogen-bond donors (Lipinski definition) is 0. The van der Waals surface area contributed by atoms with Gasteiger partial charge in [0.1, 0.15) is 17.2 Å². The summed E-state index contributed by atoms with van der Waals surface area (Å²) in [6.45, 7) is 3.54. The Hall–Kier alpha value is -3.42. The molecule has 0 fully saturated rings. The van der Waals surface area contributed by atoms with Crippen LogP contribution in [0.25, 0.3) is 17.4 Å². The van der Waals surface area contributed by atoms with Crippen LogP contribution in [0.4, 0.5) is 11.4 Å². The highest BCUT2D eigenvalue weighted by Crippen LogP contribution is 2.35. The first-order valence-electron chi connectivity index (χ1n) is 9.17. The van der Waals surface area contributed by atoms with E-state index in [4.69, 9.17) is 27.6 Å². The topological polar surface area (TPSA) is 89.0 Å². The number of nitrogens with zero attached hydrogens (tertiary/aromatic N) is 3. The van der Waals surface area contributed by atoms with Crippen LogP contribution in [0.15, 0.2) is 63.6 Å². The molecule has 0 saturated carbocycles. The predicted molar refractivity (Wildman–Crippen MR) is 121 cm³/mol. The Morgan fingerprint density at radius 2 is 1.90 bits per heavy atom. The number of benzene rings is 2. The lowest BCUT2D eigenvalue weighted by Crippen LogP contribution is -2.22. The van der Waals surface area contributed by atoms with Gasteiger partial charge in [0.15, 0.2) is 0 Å². The Labute approximate surface area is 187 Å². The van der Waals surface area contributed by atoms with Gasteiger partial charge in [0.25, 0.3) is 11.6 Å². The molecule has 0 unspecified atom stereocenters. The van der Waals surface area contributed by atoms with Crippen molar-refractivity contribution in [3.63, 3.8) is 0 Å². The van der Waals surface area contributed by atoms with Gasteiger partial charge in [-0.2, -0.15) is 10.1 Å². The van der Waals surface area contributed by atoms with E-state index in [1.165, 1.54) is 18.2 Å². The SMILES string of the molecule is CC1=NN(c2cc(Cl)ccc2[N+](=O)[O-])C(=O)/C1=C/c1ccc(-c2cccc(Cl)c2C)o1. The van der Waals surface area contributed by atoms with Crippen molar-refractivity contribution in [3.8, 4) is 11.3 Å². The Kier molecular flexibility index (Phi) is 5.39. The van der Waals surface area contributed by atoms with Gasteiger partial charge in [-0.15, -0.1) is 0 Å². The molecule has 31 heavy (non-hydrogen) atoms. The smallest absolute Gasteiger partial charge is 0.295 e. The van der Waals surface area contributed by atoms with E-state index in [-0.39, 0.29) is 22.0 Å². The zero-order chi connectivity index (χ0) is 22.3. The molecule has 0 aliphatic carbocycles. The number of hydrogen-bond acceptors (Lipinski definition) is 5. The Bertz CT molecular complexity index is 1290. The third kappa shape index (κ3) is 3.85. The minimum absolute atomic E-state index is 0.0000591. The van der Waals surface area contributed by atoms with Crippen LogP contribution in [0.3, 0.4) is 0 Å². The lowest BCUT2D eigenvalue weighted by Gasteiger charge is -2.12. The molecule has 0 atom stereocenters. The molecule has 3 aromatic rings. The molecular weight excluding hydrogens is 441 g/mol. The van der Waals surface area contributed by atoms with Crippen molar-refractivity contribution in [2.24, 2.45) is 5.10 Å². The van der Waals surface area contributed by atoms with Crippen molar-refractivity contribution in [2.75, 3.05) is 5.01 Å². The van der Waals surface area contributed by atoms with Crippen LogP contribution in [0, 0.1) is 17.0 Å². The Morgan fingerprint density at radius 3 is 2.65 bits per heavy atom. The van der Waals surface area contributed by atoms with Gasteiger partial charge >= 0.3 is 0 Å². The van der Waals surface area contributed by atoms with E-state index in [1.807, 2.05) is 19.1 Å². The number of rotatable bonds is 4. The van der Waals surface area contributed by atoms with Crippen LogP contribution in [-0.4, -0.2) is 16.5 Å². The largest absolute Gasteiger partial charge is 0.457 e. The first kappa shape index (κ1) is 20.8. The molecule has 7 nitrogen and oxygen atoms in total. The molecule has 1 aromatic heterocycles. The zero-order valence-corrected chi connectivity index (χ0v) is 17.9. The minimum Gasteiger partial charge on any atom is -0.457 e. The second-order valence-electron chi connectivity index (χ2n) is 6.86. The molecule has 2 aromatic carbocycles. The molecule has 4 rings (SSSR count). The molecule has 156 valence electrons. The molecule has 0 saturated heterocycles. The van der Waals surface area contributed by atoms with Gasteiger partial charge in [-0.3, -0.25) is 14.9 Å². The van der Waals surface area contributed by atoms with E-state index in [9.17, 15) is 14.9 Å². The van der Waals surface area contributed by atoms with Crippen LogP contribution in [0.1, 0.15) is 18.2 Å². The van der Waals surface area contributed by atoms with Crippen LogP contribution in [0.5, 0.6) is 0 Å². The maximum atomic E-state index is 13.0. The lowest BCUT2D eigenvalue weighted by molar-refractivity contribution is -0.384. The highest BCUT2D eigenvalue weighted by atomic mass is 35.5. The number of furan rings is 1. The van der Waals surface area contributed by atoms with Gasteiger partial charge in [0.05, 0.1) is 16.2 Å². The Morgan fingerprint density at radius 1 is 1.13 bits per heavy atom. The number of amides is 1. The number of nitro benzene ring substituents is 1. The van der Waals surface area contributed by atoms with Crippen LogP contribution < -0.4 is 5.01 Å². The summed E-state index contributed by atoms with van der Waals surface area (Å²) < 4.78 is 5.90. The van der Waals surface area contributed by atoms with E-state index in [0.717, 1.165) is 16.1 Å². The number of carbonyl (C=O) groups excluding carboxylic acids is 1. The molecular formula is C22H15Cl2N3O4. The second-order valence-corrected chi connectivity index (χ2v) is 7.71. The fourth-order valence-electron chi connectivity index (χ4n) is 3.26. The van der Waals surface area contributed by atoms with Gasteiger partial charge in [0, 0.05) is 21.7 Å². The first-order valence-corrected chi connectivity index (χ1v) is 9.93. The van der Waals surface area contributed by atoms with E-state index < -0.39 is 10.8 Å². The van der Waals surface area contributed by atoms with Crippen LogP contribution >= 0.6 is 23.2 Å². The molecule has 2 heterocycles. The molecule has 1 aliphatic heterocycles. The molecule has 0 radical (unpaired) electrons. The van der Waals surface area contributed by atoms with Crippen molar-refractivity contribution in [1.82, 2.24) is 0 Å². The predicted octanol–water partition coefficient (Wildman–Crippen LogP) is 6.28. The first-order chi connectivity index (χ1) is 14.8. The Balaban J connectivity index is 1.69.